The van der Waals surface area contributed by atoms with Crippen molar-refractivity contribution >= 4 is 16.0 Å². The van der Waals surface area contributed by atoms with E-state index in [0.29, 0.717) is 18.4 Å². The van der Waals surface area contributed by atoms with Crippen molar-refractivity contribution in [1.29, 1.82) is 0 Å². The van der Waals surface area contributed by atoms with Gasteiger partial charge in [0, 0.05) is 24.7 Å². The van der Waals surface area contributed by atoms with Crippen molar-refractivity contribution in [3.63, 3.8) is 0 Å². The van der Waals surface area contributed by atoms with Crippen LogP contribution in [0.25, 0.3) is 11.5 Å². The molecule has 0 amide bonds. The molecule has 1 saturated heterocycles. The number of nitrogens with zero attached hydrogens (tertiary/aromatic N) is 3. The average molecular weight is 350 g/mol. The number of hydrogen-bond acceptors (Lipinski definition) is 6. The van der Waals surface area contributed by atoms with Crippen molar-refractivity contribution in [3.05, 3.63) is 30.3 Å². The summed E-state index contributed by atoms with van der Waals surface area (Å²) in [5.41, 5.74) is 0.867. The normalized spacial score (nSPS) is 21.3. The molecule has 3 rings (SSSR count). The molecule has 7 nitrogen and oxygen atoms in total. The summed E-state index contributed by atoms with van der Waals surface area (Å²) >= 11 is 0. The molecule has 24 heavy (non-hydrogen) atoms. The van der Waals surface area contributed by atoms with Crippen molar-refractivity contribution in [2.75, 3.05) is 24.2 Å². The summed E-state index contributed by atoms with van der Waals surface area (Å²) in [7, 11) is -3.24. The van der Waals surface area contributed by atoms with Gasteiger partial charge < -0.3 is 9.42 Å². The summed E-state index contributed by atoms with van der Waals surface area (Å²) in [5, 5.41) is 4.06. The van der Waals surface area contributed by atoms with E-state index in [1.54, 1.807) is 0 Å². The molecular weight excluding hydrogens is 328 g/mol. The number of nitrogens with one attached hydrogen (secondary N) is 1. The largest absolute Gasteiger partial charge is 0.336 e. The van der Waals surface area contributed by atoms with Crippen LogP contribution in [0.4, 0.5) is 5.95 Å². The van der Waals surface area contributed by atoms with Gasteiger partial charge in [-0.1, -0.05) is 31.5 Å². The van der Waals surface area contributed by atoms with Crippen molar-refractivity contribution in [3.8, 4) is 11.5 Å². The van der Waals surface area contributed by atoms with E-state index in [2.05, 4.69) is 21.8 Å². The van der Waals surface area contributed by atoms with E-state index >= 15 is 0 Å². The first-order valence-electron chi connectivity index (χ1n) is 8.07. The Bertz CT molecular complexity index is 776. The van der Waals surface area contributed by atoms with Crippen molar-refractivity contribution in [2.45, 2.75) is 25.8 Å². The standard InChI is InChI=1S/C16H22N4O3S/c1-3-7-13-10-20(11-14(13)19-24(2,21)22)16-17-15(23-18-16)12-8-5-4-6-9-12/h4-6,8-9,13-14,19H,3,7,10-11H2,1-2H3. The lowest BCUT2D eigenvalue weighted by molar-refractivity contribution is 0.429. The van der Waals surface area contributed by atoms with Crippen LogP contribution in [0.1, 0.15) is 19.8 Å². The summed E-state index contributed by atoms with van der Waals surface area (Å²) < 4.78 is 31.3. The van der Waals surface area contributed by atoms with Gasteiger partial charge in [0.15, 0.2) is 0 Å². The molecule has 2 atom stereocenters. The highest BCUT2D eigenvalue weighted by atomic mass is 32.2. The van der Waals surface area contributed by atoms with Gasteiger partial charge in [-0.15, -0.1) is 0 Å². The van der Waals surface area contributed by atoms with Crippen LogP contribution in [0, 0.1) is 5.92 Å². The third-order valence-electron chi connectivity index (χ3n) is 4.18. The monoisotopic (exact) mass is 350 g/mol. The Morgan fingerprint density at radius 3 is 2.71 bits per heavy atom. The molecule has 0 aliphatic carbocycles. The molecule has 0 bridgehead atoms. The highest BCUT2D eigenvalue weighted by Crippen LogP contribution is 2.27. The van der Waals surface area contributed by atoms with Crippen molar-refractivity contribution in [1.82, 2.24) is 14.9 Å². The van der Waals surface area contributed by atoms with Crippen molar-refractivity contribution in [2.24, 2.45) is 5.92 Å². The smallest absolute Gasteiger partial charge is 0.266 e. The van der Waals surface area contributed by atoms with E-state index in [9.17, 15) is 8.42 Å². The molecule has 1 aliphatic rings. The predicted octanol–water partition coefficient (Wildman–Crippen LogP) is 1.89. The summed E-state index contributed by atoms with van der Waals surface area (Å²) in [6.45, 7) is 3.36. The lowest BCUT2D eigenvalue weighted by Gasteiger charge is -2.17. The fourth-order valence-corrected chi connectivity index (χ4v) is 3.97. The Morgan fingerprint density at radius 1 is 1.29 bits per heavy atom. The fourth-order valence-electron chi connectivity index (χ4n) is 3.15. The predicted molar refractivity (Wildman–Crippen MR) is 92.1 cm³/mol. The van der Waals surface area contributed by atoms with Gasteiger partial charge in [0.1, 0.15) is 0 Å². The highest BCUT2D eigenvalue weighted by Gasteiger charge is 2.35. The molecule has 2 aromatic rings. The Hall–Kier alpha value is -1.93. The van der Waals surface area contributed by atoms with Crippen LogP contribution in [0.15, 0.2) is 34.9 Å². The summed E-state index contributed by atoms with van der Waals surface area (Å²) in [5.74, 6) is 1.22. The maximum Gasteiger partial charge on any atom is 0.266 e. The van der Waals surface area contributed by atoms with Gasteiger partial charge in [-0.2, -0.15) is 4.98 Å². The van der Waals surface area contributed by atoms with E-state index in [4.69, 9.17) is 4.52 Å². The first kappa shape index (κ1) is 16.9. The molecular formula is C16H22N4O3S. The number of aromatic nitrogens is 2. The second-order valence-electron chi connectivity index (χ2n) is 6.22. The van der Waals surface area contributed by atoms with E-state index in [-0.39, 0.29) is 12.0 Å². The molecule has 130 valence electrons. The molecule has 2 unspecified atom stereocenters. The van der Waals surface area contributed by atoms with Crippen LogP contribution < -0.4 is 9.62 Å². The van der Waals surface area contributed by atoms with Crippen LogP contribution >= 0.6 is 0 Å². The minimum absolute atomic E-state index is 0.126. The molecule has 1 fully saturated rings. The third-order valence-corrected chi connectivity index (χ3v) is 4.92. The molecule has 1 aromatic carbocycles. The molecule has 8 heteroatoms. The second-order valence-corrected chi connectivity index (χ2v) is 8.00. The Kier molecular flexibility index (Phi) is 4.86. The average Bonchev–Trinajstić information content (AvgIpc) is 3.15. The summed E-state index contributed by atoms with van der Waals surface area (Å²) in [6.07, 6.45) is 3.15. The highest BCUT2D eigenvalue weighted by molar-refractivity contribution is 7.88. The van der Waals surface area contributed by atoms with Gasteiger partial charge in [-0.3, -0.25) is 0 Å². The lowest BCUT2D eigenvalue weighted by Crippen LogP contribution is -2.40. The van der Waals surface area contributed by atoms with E-state index in [1.165, 1.54) is 6.26 Å². The zero-order chi connectivity index (χ0) is 17.2. The summed E-state index contributed by atoms with van der Waals surface area (Å²) in [6, 6.07) is 9.46. The van der Waals surface area contributed by atoms with E-state index < -0.39 is 10.0 Å². The Balaban J connectivity index is 1.77. The van der Waals surface area contributed by atoms with Gasteiger partial charge in [-0.05, 0) is 29.6 Å². The van der Waals surface area contributed by atoms with Crippen molar-refractivity contribution < 1.29 is 12.9 Å². The lowest BCUT2D eigenvalue weighted by atomic mass is 9.99. The molecule has 0 spiro atoms. The van der Waals surface area contributed by atoms with Gasteiger partial charge in [0.25, 0.3) is 11.8 Å². The summed E-state index contributed by atoms with van der Waals surface area (Å²) in [4.78, 5) is 6.44. The van der Waals surface area contributed by atoms with Gasteiger partial charge >= 0.3 is 0 Å². The van der Waals surface area contributed by atoms with Crippen LogP contribution in [-0.2, 0) is 10.0 Å². The van der Waals surface area contributed by atoms with Gasteiger partial charge in [0.05, 0.1) is 6.26 Å². The first-order valence-corrected chi connectivity index (χ1v) is 9.97. The fraction of sp³-hybridized carbons (Fsp3) is 0.500. The zero-order valence-corrected chi connectivity index (χ0v) is 14.7. The number of rotatable bonds is 6. The van der Waals surface area contributed by atoms with Crippen LogP contribution in [0.2, 0.25) is 0 Å². The Morgan fingerprint density at radius 2 is 2.04 bits per heavy atom. The maximum absolute atomic E-state index is 11.6. The van der Waals surface area contributed by atoms with E-state index in [1.807, 2.05) is 35.2 Å². The molecule has 2 heterocycles. The molecule has 1 aromatic heterocycles. The van der Waals surface area contributed by atoms with Crippen LogP contribution in [-0.4, -0.2) is 43.9 Å². The minimum Gasteiger partial charge on any atom is -0.336 e. The minimum atomic E-state index is -3.24. The Labute approximate surface area is 142 Å². The number of anilines is 1. The molecule has 0 radical (unpaired) electrons. The van der Waals surface area contributed by atoms with Crippen LogP contribution in [0.5, 0.6) is 0 Å². The first-order chi connectivity index (χ1) is 11.5. The van der Waals surface area contributed by atoms with Crippen LogP contribution in [0.3, 0.4) is 0 Å². The molecule has 1 N–H and O–H groups in total. The zero-order valence-electron chi connectivity index (χ0n) is 13.8. The quantitative estimate of drug-likeness (QED) is 0.856. The van der Waals surface area contributed by atoms with Gasteiger partial charge in [-0.25, -0.2) is 13.1 Å². The second kappa shape index (κ2) is 6.90. The van der Waals surface area contributed by atoms with E-state index in [0.717, 1.165) is 24.9 Å². The number of hydrogen-bond donors (Lipinski definition) is 1. The third kappa shape index (κ3) is 3.93. The van der Waals surface area contributed by atoms with Gasteiger partial charge in [0.2, 0.25) is 10.0 Å². The molecule has 0 saturated carbocycles. The topological polar surface area (TPSA) is 88.3 Å². The maximum atomic E-state index is 11.6. The number of benzene rings is 1. The molecule has 1 aliphatic heterocycles. The number of sulfonamides is 1. The SMILES string of the molecule is CCCC1CN(c2noc(-c3ccccc3)n2)CC1NS(C)(=O)=O.